The molecule has 0 radical (unpaired) electrons. The van der Waals surface area contributed by atoms with Gasteiger partial charge in [-0.15, -0.1) is 0 Å². The third kappa shape index (κ3) is 5.41. The SMILES string of the molecule is COc1ncccc1-c1cccnc1Cc1ccc(CCCC(=O)N(C)C)cc1. The lowest BCUT2D eigenvalue weighted by molar-refractivity contribution is -0.128. The van der Waals surface area contributed by atoms with E-state index >= 15 is 0 Å². The summed E-state index contributed by atoms with van der Waals surface area (Å²) in [4.78, 5) is 22.3. The lowest BCUT2D eigenvalue weighted by Crippen LogP contribution is -2.21. The number of hydrogen-bond donors (Lipinski definition) is 0. The van der Waals surface area contributed by atoms with Crippen molar-refractivity contribution < 1.29 is 9.53 Å². The topological polar surface area (TPSA) is 55.3 Å². The van der Waals surface area contributed by atoms with Gasteiger partial charge in [0.2, 0.25) is 11.8 Å². The number of pyridine rings is 2. The van der Waals surface area contributed by atoms with Gasteiger partial charge in [-0.1, -0.05) is 30.3 Å². The second kappa shape index (κ2) is 9.82. The van der Waals surface area contributed by atoms with Crippen LogP contribution in [0.2, 0.25) is 0 Å². The molecule has 2 aromatic heterocycles. The standard InChI is InChI=1S/C24H27N3O2/c1-27(2)23(28)10-4-7-18-11-13-19(14-12-18)17-22-20(8-5-15-25-22)21-9-6-16-26-24(21)29-3/h5-6,8-9,11-16H,4,7,10,17H2,1-3H3. The number of carbonyl (C=O) groups excluding carboxylic acids is 1. The summed E-state index contributed by atoms with van der Waals surface area (Å²) in [7, 11) is 5.22. The van der Waals surface area contributed by atoms with Crippen molar-refractivity contribution in [2.24, 2.45) is 0 Å². The van der Waals surface area contributed by atoms with Crippen molar-refractivity contribution >= 4 is 5.91 Å². The van der Waals surface area contributed by atoms with Gasteiger partial charge in [0, 0.05) is 50.5 Å². The first-order valence-corrected chi connectivity index (χ1v) is 9.79. The molecule has 0 aliphatic carbocycles. The molecule has 0 aliphatic rings. The normalized spacial score (nSPS) is 10.6. The van der Waals surface area contributed by atoms with Crippen LogP contribution in [0.5, 0.6) is 5.88 Å². The summed E-state index contributed by atoms with van der Waals surface area (Å²) in [5.41, 5.74) is 5.41. The van der Waals surface area contributed by atoms with Crippen molar-refractivity contribution in [3.63, 3.8) is 0 Å². The van der Waals surface area contributed by atoms with Crippen molar-refractivity contribution in [1.29, 1.82) is 0 Å². The van der Waals surface area contributed by atoms with E-state index in [4.69, 9.17) is 4.74 Å². The average Bonchev–Trinajstić information content (AvgIpc) is 2.75. The summed E-state index contributed by atoms with van der Waals surface area (Å²) < 4.78 is 5.42. The van der Waals surface area contributed by atoms with Crippen molar-refractivity contribution in [3.8, 4) is 17.0 Å². The number of hydrogen-bond acceptors (Lipinski definition) is 4. The lowest BCUT2D eigenvalue weighted by Gasteiger charge is -2.12. The highest BCUT2D eigenvalue weighted by molar-refractivity contribution is 5.75. The maximum atomic E-state index is 11.7. The van der Waals surface area contributed by atoms with E-state index in [-0.39, 0.29) is 5.91 Å². The van der Waals surface area contributed by atoms with Gasteiger partial charge in [0.25, 0.3) is 0 Å². The Morgan fingerprint density at radius 1 is 0.931 bits per heavy atom. The molecular formula is C24H27N3O2. The van der Waals surface area contributed by atoms with E-state index in [1.807, 2.05) is 24.4 Å². The molecular weight excluding hydrogens is 362 g/mol. The van der Waals surface area contributed by atoms with Crippen LogP contribution in [-0.4, -0.2) is 42.0 Å². The fourth-order valence-corrected chi connectivity index (χ4v) is 3.27. The molecule has 5 heteroatoms. The van der Waals surface area contributed by atoms with Gasteiger partial charge in [0.15, 0.2) is 0 Å². The Bertz CT molecular complexity index is 952. The van der Waals surface area contributed by atoms with Gasteiger partial charge < -0.3 is 9.64 Å². The molecule has 3 aromatic rings. The Hall–Kier alpha value is -3.21. The van der Waals surface area contributed by atoms with Crippen molar-refractivity contribution in [2.75, 3.05) is 21.2 Å². The van der Waals surface area contributed by atoms with Crippen LogP contribution in [0.3, 0.4) is 0 Å². The second-order valence-corrected chi connectivity index (χ2v) is 7.19. The molecule has 0 saturated carbocycles. The molecule has 29 heavy (non-hydrogen) atoms. The van der Waals surface area contributed by atoms with E-state index in [1.54, 1.807) is 32.3 Å². The van der Waals surface area contributed by atoms with Gasteiger partial charge in [-0.25, -0.2) is 4.98 Å². The summed E-state index contributed by atoms with van der Waals surface area (Å²) in [6.45, 7) is 0. The maximum absolute atomic E-state index is 11.7. The van der Waals surface area contributed by atoms with Crippen LogP contribution in [-0.2, 0) is 17.6 Å². The molecule has 150 valence electrons. The zero-order valence-electron chi connectivity index (χ0n) is 17.3. The first kappa shape index (κ1) is 20.5. The summed E-state index contributed by atoms with van der Waals surface area (Å²) >= 11 is 0. The fraction of sp³-hybridized carbons (Fsp3) is 0.292. The first-order chi connectivity index (χ1) is 14.1. The predicted molar refractivity (Wildman–Crippen MR) is 115 cm³/mol. The summed E-state index contributed by atoms with van der Waals surface area (Å²) in [5.74, 6) is 0.777. The number of aromatic nitrogens is 2. The summed E-state index contributed by atoms with van der Waals surface area (Å²) in [6, 6.07) is 16.5. The summed E-state index contributed by atoms with van der Waals surface area (Å²) in [6.07, 6.45) is 6.62. The Balaban J connectivity index is 1.70. The number of rotatable bonds is 8. The zero-order chi connectivity index (χ0) is 20.6. The van der Waals surface area contributed by atoms with Crippen LogP contribution in [0.1, 0.15) is 29.7 Å². The van der Waals surface area contributed by atoms with Crippen LogP contribution >= 0.6 is 0 Å². The second-order valence-electron chi connectivity index (χ2n) is 7.19. The van der Waals surface area contributed by atoms with E-state index in [0.717, 1.165) is 36.1 Å². The van der Waals surface area contributed by atoms with Gasteiger partial charge >= 0.3 is 0 Å². The molecule has 0 unspecified atom stereocenters. The van der Waals surface area contributed by atoms with Gasteiger partial charge in [-0.2, -0.15) is 0 Å². The van der Waals surface area contributed by atoms with Gasteiger partial charge in [0.1, 0.15) is 0 Å². The Kier molecular flexibility index (Phi) is 6.95. The van der Waals surface area contributed by atoms with Gasteiger partial charge in [-0.05, 0) is 42.2 Å². The van der Waals surface area contributed by atoms with Gasteiger partial charge in [0.05, 0.1) is 12.8 Å². The summed E-state index contributed by atoms with van der Waals surface area (Å²) in [5, 5.41) is 0. The number of methoxy groups -OCH3 is 1. The van der Waals surface area contributed by atoms with E-state index in [9.17, 15) is 4.79 Å². The minimum atomic E-state index is 0.176. The third-order valence-corrected chi connectivity index (χ3v) is 4.89. The average molecular weight is 389 g/mol. The number of benzene rings is 1. The quantitative estimate of drug-likeness (QED) is 0.581. The highest BCUT2D eigenvalue weighted by atomic mass is 16.5. The molecule has 1 aromatic carbocycles. The van der Waals surface area contributed by atoms with E-state index in [2.05, 4.69) is 40.3 Å². The van der Waals surface area contributed by atoms with Crippen molar-refractivity contribution in [3.05, 3.63) is 77.7 Å². The lowest BCUT2D eigenvalue weighted by atomic mass is 9.99. The van der Waals surface area contributed by atoms with Crippen LogP contribution in [0, 0.1) is 0 Å². The van der Waals surface area contributed by atoms with E-state index in [0.29, 0.717) is 12.3 Å². The number of ether oxygens (including phenoxy) is 1. The molecule has 3 rings (SSSR count). The van der Waals surface area contributed by atoms with Crippen LogP contribution in [0.4, 0.5) is 0 Å². The molecule has 2 heterocycles. The van der Waals surface area contributed by atoms with Gasteiger partial charge in [-0.3, -0.25) is 9.78 Å². The molecule has 0 N–H and O–H groups in total. The number of nitrogens with zero attached hydrogens (tertiary/aromatic N) is 3. The monoisotopic (exact) mass is 389 g/mol. The smallest absolute Gasteiger partial charge is 0.222 e. The first-order valence-electron chi connectivity index (χ1n) is 9.79. The molecule has 0 atom stereocenters. The Morgan fingerprint density at radius 3 is 2.28 bits per heavy atom. The largest absolute Gasteiger partial charge is 0.481 e. The molecule has 1 amide bonds. The zero-order valence-corrected chi connectivity index (χ0v) is 17.3. The predicted octanol–water partition coefficient (Wildman–Crippen LogP) is 4.15. The molecule has 0 aliphatic heterocycles. The maximum Gasteiger partial charge on any atom is 0.222 e. The Morgan fingerprint density at radius 2 is 1.59 bits per heavy atom. The molecule has 0 fully saturated rings. The highest BCUT2D eigenvalue weighted by Gasteiger charge is 2.12. The Labute approximate surface area is 172 Å². The van der Waals surface area contributed by atoms with Crippen LogP contribution in [0.15, 0.2) is 60.9 Å². The third-order valence-electron chi connectivity index (χ3n) is 4.89. The molecule has 0 saturated heterocycles. The highest BCUT2D eigenvalue weighted by Crippen LogP contribution is 2.30. The van der Waals surface area contributed by atoms with E-state index < -0.39 is 0 Å². The van der Waals surface area contributed by atoms with E-state index in [1.165, 1.54) is 11.1 Å². The number of carbonyl (C=O) groups is 1. The molecule has 0 bridgehead atoms. The van der Waals surface area contributed by atoms with Crippen molar-refractivity contribution in [2.45, 2.75) is 25.7 Å². The minimum absolute atomic E-state index is 0.176. The fourth-order valence-electron chi connectivity index (χ4n) is 3.27. The van der Waals surface area contributed by atoms with Crippen molar-refractivity contribution in [1.82, 2.24) is 14.9 Å². The molecule has 5 nitrogen and oxygen atoms in total. The number of aryl methyl sites for hydroxylation is 1. The van der Waals surface area contributed by atoms with Crippen LogP contribution in [0.25, 0.3) is 11.1 Å². The number of amides is 1. The molecule has 0 spiro atoms. The van der Waals surface area contributed by atoms with Crippen LogP contribution < -0.4 is 4.74 Å². The minimum Gasteiger partial charge on any atom is -0.481 e.